The SMILES string of the molecule is CCC1(c2ccccn2)CCN(c2ccc(-c3nc(-c4cnn(C(C)C)c4)cn4ncc(C#N)c34)cn2)CC1. The summed E-state index contributed by atoms with van der Waals surface area (Å²) in [5.74, 6) is 0.948. The second-order valence-electron chi connectivity index (χ2n) is 10.5. The molecule has 0 atom stereocenters. The summed E-state index contributed by atoms with van der Waals surface area (Å²) in [5.41, 5.74) is 5.61. The maximum absolute atomic E-state index is 9.73. The number of piperidine rings is 1. The van der Waals surface area contributed by atoms with Crippen molar-refractivity contribution >= 4 is 11.3 Å². The van der Waals surface area contributed by atoms with Gasteiger partial charge in [0.25, 0.3) is 0 Å². The van der Waals surface area contributed by atoms with Crippen LogP contribution < -0.4 is 4.90 Å². The molecule has 1 fully saturated rings. The number of rotatable bonds is 6. The fourth-order valence-corrected chi connectivity index (χ4v) is 5.53. The zero-order chi connectivity index (χ0) is 27.0. The van der Waals surface area contributed by atoms with Gasteiger partial charge in [-0.05, 0) is 57.4 Å². The third-order valence-corrected chi connectivity index (χ3v) is 7.99. The molecule has 1 aliphatic rings. The number of nitriles is 1. The smallest absolute Gasteiger partial charge is 0.128 e. The van der Waals surface area contributed by atoms with Crippen LogP contribution in [0.5, 0.6) is 0 Å². The van der Waals surface area contributed by atoms with Crippen LogP contribution in [0.1, 0.15) is 57.3 Å². The molecule has 0 amide bonds. The summed E-state index contributed by atoms with van der Waals surface area (Å²) in [5, 5.41) is 18.6. The molecule has 1 saturated heterocycles. The Bertz CT molecular complexity index is 1630. The van der Waals surface area contributed by atoms with Gasteiger partial charge in [-0.3, -0.25) is 9.67 Å². The van der Waals surface area contributed by atoms with E-state index in [1.54, 1.807) is 10.7 Å². The lowest BCUT2D eigenvalue weighted by Gasteiger charge is -2.41. The molecule has 5 aromatic heterocycles. The van der Waals surface area contributed by atoms with Crippen molar-refractivity contribution in [3.8, 4) is 28.6 Å². The van der Waals surface area contributed by atoms with Crippen LogP contribution in [0.15, 0.2) is 67.5 Å². The minimum atomic E-state index is 0.118. The lowest BCUT2D eigenvalue weighted by molar-refractivity contribution is 0.311. The standard InChI is InChI=1S/C30H31N9/c1-4-30(26-7-5-6-12-32-26)10-13-37(14-11-30)27-9-8-22(16-33-27)28-29-23(15-31)17-35-39(29)20-25(36-28)24-18-34-38(19-24)21(2)3/h5-9,12,16-21H,4,10-11,13-14H2,1-3H3. The summed E-state index contributed by atoms with van der Waals surface area (Å²) in [6.45, 7) is 8.29. The van der Waals surface area contributed by atoms with E-state index < -0.39 is 0 Å². The summed E-state index contributed by atoms with van der Waals surface area (Å²) in [4.78, 5) is 16.9. The maximum atomic E-state index is 9.73. The average molecular weight is 518 g/mol. The van der Waals surface area contributed by atoms with Gasteiger partial charge in [-0.25, -0.2) is 14.5 Å². The molecule has 5 aromatic rings. The molecule has 0 spiro atoms. The fraction of sp³-hybridized carbons (Fsp3) is 0.333. The van der Waals surface area contributed by atoms with Gasteiger partial charge in [0.05, 0.1) is 30.0 Å². The number of hydrogen-bond acceptors (Lipinski definition) is 7. The lowest BCUT2D eigenvalue weighted by atomic mass is 9.73. The molecule has 196 valence electrons. The zero-order valence-corrected chi connectivity index (χ0v) is 22.5. The Kier molecular flexibility index (Phi) is 6.31. The predicted octanol–water partition coefficient (Wildman–Crippen LogP) is 5.45. The number of pyridine rings is 2. The first kappa shape index (κ1) is 24.7. The van der Waals surface area contributed by atoms with E-state index in [-0.39, 0.29) is 11.5 Å². The molecule has 6 heterocycles. The molecule has 6 rings (SSSR count). The summed E-state index contributed by atoms with van der Waals surface area (Å²) in [7, 11) is 0. The molecule has 0 aliphatic carbocycles. The quantitative estimate of drug-likeness (QED) is 0.295. The molecule has 9 nitrogen and oxygen atoms in total. The Labute approximate surface area is 227 Å². The first-order chi connectivity index (χ1) is 19.0. The van der Waals surface area contributed by atoms with Crippen LogP contribution in [0.25, 0.3) is 28.0 Å². The van der Waals surface area contributed by atoms with Crippen molar-refractivity contribution < 1.29 is 0 Å². The van der Waals surface area contributed by atoms with Crippen molar-refractivity contribution in [2.75, 3.05) is 18.0 Å². The summed E-state index contributed by atoms with van der Waals surface area (Å²) in [6.07, 6.45) is 14.1. The molecule has 0 unspecified atom stereocenters. The minimum absolute atomic E-state index is 0.118. The summed E-state index contributed by atoms with van der Waals surface area (Å²) >= 11 is 0. The largest absolute Gasteiger partial charge is 0.357 e. The first-order valence-electron chi connectivity index (χ1n) is 13.5. The Morgan fingerprint density at radius 2 is 1.82 bits per heavy atom. The van der Waals surface area contributed by atoms with Gasteiger partial charge in [-0.15, -0.1) is 0 Å². The van der Waals surface area contributed by atoms with Crippen LogP contribution in [0.2, 0.25) is 0 Å². The van der Waals surface area contributed by atoms with Gasteiger partial charge in [0, 0.05) is 60.0 Å². The summed E-state index contributed by atoms with van der Waals surface area (Å²) in [6, 6.07) is 12.8. The summed E-state index contributed by atoms with van der Waals surface area (Å²) < 4.78 is 3.63. The van der Waals surface area contributed by atoms with Crippen LogP contribution in [-0.4, -0.2) is 47.4 Å². The molecule has 0 N–H and O–H groups in total. The number of fused-ring (bicyclic) bond motifs is 1. The van der Waals surface area contributed by atoms with E-state index >= 15 is 0 Å². The van der Waals surface area contributed by atoms with Gasteiger partial charge in [0.15, 0.2) is 0 Å². The number of nitrogens with zero attached hydrogens (tertiary/aromatic N) is 9. The Balaban J connectivity index is 1.30. The topological polar surface area (TPSA) is 101 Å². The first-order valence-corrected chi connectivity index (χ1v) is 13.5. The zero-order valence-electron chi connectivity index (χ0n) is 22.5. The van der Waals surface area contributed by atoms with Crippen LogP contribution >= 0.6 is 0 Å². The molecular formula is C30H31N9. The van der Waals surface area contributed by atoms with E-state index in [9.17, 15) is 5.26 Å². The van der Waals surface area contributed by atoms with Crippen molar-refractivity contribution in [2.24, 2.45) is 0 Å². The van der Waals surface area contributed by atoms with Crippen molar-refractivity contribution in [3.05, 3.63) is 78.8 Å². The van der Waals surface area contributed by atoms with Crippen molar-refractivity contribution in [1.82, 2.24) is 34.3 Å². The predicted molar refractivity (Wildman–Crippen MR) is 150 cm³/mol. The highest BCUT2D eigenvalue weighted by atomic mass is 15.3. The number of aromatic nitrogens is 7. The van der Waals surface area contributed by atoms with E-state index in [1.807, 2.05) is 47.8 Å². The molecule has 0 saturated carbocycles. The van der Waals surface area contributed by atoms with Gasteiger partial charge in [-0.2, -0.15) is 15.5 Å². The highest BCUT2D eigenvalue weighted by Crippen LogP contribution is 2.38. The van der Waals surface area contributed by atoms with Gasteiger partial charge >= 0.3 is 0 Å². The maximum Gasteiger partial charge on any atom is 0.128 e. The third-order valence-electron chi connectivity index (χ3n) is 7.99. The molecule has 0 bridgehead atoms. The lowest BCUT2D eigenvalue weighted by Crippen LogP contribution is -2.43. The molecule has 0 aromatic carbocycles. The second-order valence-corrected chi connectivity index (χ2v) is 10.5. The Morgan fingerprint density at radius 3 is 2.46 bits per heavy atom. The van der Waals surface area contributed by atoms with E-state index in [0.29, 0.717) is 16.8 Å². The highest BCUT2D eigenvalue weighted by molar-refractivity contribution is 5.83. The van der Waals surface area contributed by atoms with Crippen molar-refractivity contribution in [3.63, 3.8) is 0 Å². The molecular weight excluding hydrogens is 486 g/mol. The van der Waals surface area contributed by atoms with Gasteiger partial charge in [-0.1, -0.05) is 13.0 Å². The van der Waals surface area contributed by atoms with Crippen LogP contribution in [-0.2, 0) is 5.41 Å². The van der Waals surface area contributed by atoms with Crippen LogP contribution in [0.3, 0.4) is 0 Å². The van der Waals surface area contributed by atoms with Crippen LogP contribution in [0, 0.1) is 11.3 Å². The second kappa shape index (κ2) is 9.95. The van der Waals surface area contributed by atoms with E-state index in [1.165, 1.54) is 5.69 Å². The van der Waals surface area contributed by atoms with E-state index in [4.69, 9.17) is 9.97 Å². The molecule has 39 heavy (non-hydrogen) atoms. The third kappa shape index (κ3) is 4.42. The fourth-order valence-electron chi connectivity index (χ4n) is 5.53. The molecule has 1 aliphatic heterocycles. The highest BCUT2D eigenvalue weighted by Gasteiger charge is 2.36. The Hall–Kier alpha value is -4.58. The molecule has 9 heteroatoms. The van der Waals surface area contributed by atoms with Gasteiger partial charge in [0.2, 0.25) is 0 Å². The van der Waals surface area contributed by atoms with Gasteiger partial charge < -0.3 is 4.90 Å². The van der Waals surface area contributed by atoms with Gasteiger partial charge in [0.1, 0.15) is 23.0 Å². The minimum Gasteiger partial charge on any atom is -0.357 e. The molecule has 0 radical (unpaired) electrons. The normalized spacial score (nSPS) is 15.1. The number of hydrogen-bond donors (Lipinski definition) is 0. The van der Waals surface area contributed by atoms with E-state index in [2.05, 4.69) is 65.1 Å². The van der Waals surface area contributed by atoms with Crippen molar-refractivity contribution in [1.29, 1.82) is 5.26 Å². The van der Waals surface area contributed by atoms with Crippen molar-refractivity contribution in [2.45, 2.75) is 51.5 Å². The number of anilines is 1. The van der Waals surface area contributed by atoms with E-state index in [0.717, 1.165) is 55.0 Å². The van der Waals surface area contributed by atoms with Crippen LogP contribution in [0.4, 0.5) is 5.82 Å². The monoisotopic (exact) mass is 517 g/mol. The Morgan fingerprint density at radius 1 is 0.974 bits per heavy atom. The average Bonchev–Trinajstić information content (AvgIpc) is 3.65.